The topological polar surface area (TPSA) is 61.4 Å². The molecule has 5 heteroatoms. The molecule has 2 unspecified atom stereocenters. The lowest BCUT2D eigenvalue weighted by Crippen LogP contribution is -2.42. The summed E-state index contributed by atoms with van der Waals surface area (Å²) in [6, 6.07) is -0.435. The van der Waals surface area contributed by atoms with Crippen LogP contribution in [0.5, 0.6) is 0 Å². The van der Waals surface area contributed by atoms with Crippen molar-refractivity contribution in [2.45, 2.75) is 26.7 Å². The highest BCUT2D eigenvalue weighted by Gasteiger charge is 2.21. The van der Waals surface area contributed by atoms with Crippen LogP contribution in [0.1, 0.15) is 26.7 Å². The van der Waals surface area contributed by atoms with Gasteiger partial charge in [0.2, 0.25) is 5.91 Å². The van der Waals surface area contributed by atoms with E-state index in [-0.39, 0.29) is 5.91 Å². The van der Waals surface area contributed by atoms with Crippen LogP contribution in [0.25, 0.3) is 0 Å². The summed E-state index contributed by atoms with van der Waals surface area (Å²) in [5.41, 5.74) is 0. The van der Waals surface area contributed by atoms with Crippen LogP contribution < -0.4 is 10.6 Å². The third-order valence-electron chi connectivity index (χ3n) is 3.08. The van der Waals surface area contributed by atoms with Gasteiger partial charge in [-0.15, -0.1) is 0 Å². The number of carbonyl (C=O) groups is 2. The third kappa shape index (κ3) is 5.17. The van der Waals surface area contributed by atoms with Gasteiger partial charge in [-0.1, -0.05) is 13.8 Å². The molecule has 17 heavy (non-hydrogen) atoms. The van der Waals surface area contributed by atoms with Crippen LogP contribution in [0.15, 0.2) is 0 Å². The Labute approximate surface area is 103 Å². The Morgan fingerprint density at radius 1 is 1.24 bits per heavy atom. The highest BCUT2D eigenvalue weighted by Crippen LogP contribution is 2.20. The maximum absolute atomic E-state index is 11.4. The Balaban J connectivity index is 2.25. The number of likely N-dealkylation sites (tertiary alicyclic amines) is 1. The molecule has 1 rings (SSSR count). The van der Waals surface area contributed by atoms with Crippen molar-refractivity contribution in [3.05, 3.63) is 0 Å². The molecule has 5 nitrogen and oxygen atoms in total. The van der Waals surface area contributed by atoms with Crippen LogP contribution in [-0.2, 0) is 4.79 Å². The smallest absolute Gasteiger partial charge is 0.321 e. The molecule has 0 spiro atoms. The summed E-state index contributed by atoms with van der Waals surface area (Å²) in [4.78, 5) is 24.6. The molecule has 2 atom stereocenters. The summed E-state index contributed by atoms with van der Waals surface area (Å²) in [6.45, 7) is 7.33. The van der Waals surface area contributed by atoms with Crippen LogP contribution in [-0.4, -0.2) is 43.5 Å². The molecule has 0 aromatic heterocycles. The molecule has 1 aliphatic heterocycles. The minimum absolute atomic E-state index is 0.213. The van der Waals surface area contributed by atoms with E-state index in [1.54, 1.807) is 0 Å². The first-order valence-electron chi connectivity index (χ1n) is 6.25. The zero-order valence-electron chi connectivity index (χ0n) is 11.0. The van der Waals surface area contributed by atoms with E-state index in [0.29, 0.717) is 18.3 Å². The lowest BCUT2D eigenvalue weighted by atomic mass is 9.92. The fourth-order valence-corrected chi connectivity index (χ4v) is 2.49. The largest absolute Gasteiger partial charge is 0.341 e. The van der Waals surface area contributed by atoms with E-state index in [1.165, 1.54) is 13.5 Å². The molecule has 0 aromatic rings. The van der Waals surface area contributed by atoms with Crippen molar-refractivity contribution in [3.8, 4) is 0 Å². The Hall–Kier alpha value is -1.10. The van der Waals surface area contributed by atoms with Gasteiger partial charge in [-0.3, -0.25) is 10.1 Å². The van der Waals surface area contributed by atoms with E-state index in [9.17, 15) is 9.59 Å². The van der Waals surface area contributed by atoms with E-state index in [0.717, 1.165) is 19.6 Å². The minimum atomic E-state index is -0.435. The predicted molar refractivity (Wildman–Crippen MR) is 66.6 cm³/mol. The Morgan fingerprint density at radius 2 is 1.82 bits per heavy atom. The van der Waals surface area contributed by atoms with E-state index in [2.05, 4.69) is 29.4 Å². The first-order valence-corrected chi connectivity index (χ1v) is 6.25. The van der Waals surface area contributed by atoms with Gasteiger partial charge < -0.3 is 10.2 Å². The van der Waals surface area contributed by atoms with Gasteiger partial charge >= 0.3 is 6.03 Å². The quantitative estimate of drug-likeness (QED) is 0.768. The molecule has 3 amide bonds. The Kier molecular flexibility index (Phi) is 5.41. The van der Waals surface area contributed by atoms with Gasteiger partial charge in [-0.05, 0) is 18.3 Å². The highest BCUT2D eigenvalue weighted by molar-refractivity contribution is 5.94. The number of carbonyl (C=O) groups excluding carboxylic acids is 2. The van der Waals surface area contributed by atoms with Crippen molar-refractivity contribution in [2.75, 3.05) is 26.7 Å². The van der Waals surface area contributed by atoms with Gasteiger partial charge in [0.05, 0.1) is 0 Å². The molecule has 1 saturated heterocycles. The van der Waals surface area contributed by atoms with Crippen molar-refractivity contribution in [1.82, 2.24) is 15.5 Å². The minimum Gasteiger partial charge on any atom is -0.341 e. The summed E-state index contributed by atoms with van der Waals surface area (Å²) >= 11 is 0. The lowest BCUT2D eigenvalue weighted by molar-refractivity contribution is -0.120. The van der Waals surface area contributed by atoms with Gasteiger partial charge in [-0.2, -0.15) is 0 Å². The van der Waals surface area contributed by atoms with Crippen LogP contribution in [0.4, 0.5) is 4.79 Å². The van der Waals surface area contributed by atoms with Gasteiger partial charge in [0.1, 0.15) is 0 Å². The van der Waals surface area contributed by atoms with Gasteiger partial charge in [0, 0.05) is 33.1 Å². The zero-order chi connectivity index (χ0) is 12.8. The normalized spacial score (nSPS) is 25.4. The number of piperidine rings is 1. The highest BCUT2D eigenvalue weighted by atomic mass is 16.2. The monoisotopic (exact) mass is 241 g/mol. The summed E-state index contributed by atoms with van der Waals surface area (Å²) in [5.74, 6) is 1.18. The predicted octanol–water partition coefficient (Wildman–Crippen LogP) is 0.810. The fourth-order valence-electron chi connectivity index (χ4n) is 2.49. The van der Waals surface area contributed by atoms with Gasteiger partial charge in [0.15, 0.2) is 0 Å². The second-order valence-electron chi connectivity index (χ2n) is 5.08. The van der Waals surface area contributed by atoms with Gasteiger partial charge in [-0.25, -0.2) is 4.79 Å². The molecule has 1 heterocycles. The van der Waals surface area contributed by atoms with E-state index < -0.39 is 6.03 Å². The van der Waals surface area contributed by atoms with Crippen LogP contribution in [0, 0.1) is 11.8 Å². The van der Waals surface area contributed by atoms with Crippen molar-refractivity contribution < 1.29 is 9.59 Å². The number of urea groups is 1. The molecule has 98 valence electrons. The summed E-state index contributed by atoms with van der Waals surface area (Å²) in [7, 11) is 1.50. The van der Waals surface area contributed by atoms with Crippen LogP contribution in [0.3, 0.4) is 0 Å². The molecule has 0 aromatic carbocycles. The maximum atomic E-state index is 11.4. The van der Waals surface area contributed by atoms with Crippen molar-refractivity contribution in [2.24, 2.45) is 11.8 Å². The number of hydrogen-bond donors (Lipinski definition) is 2. The SMILES string of the molecule is CNC(=O)NC(=O)CCN1CC(C)CC(C)C1. The second kappa shape index (κ2) is 6.59. The number of imide groups is 1. The van der Waals surface area contributed by atoms with Crippen molar-refractivity contribution in [1.29, 1.82) is 0 Å². The fraction of sp³-hybridized carbons (Fsp3) is 0.833. The first kappa shape index (κ1) is 14.0. The van der Waals surface area contributed by atoms with Gasteiger partial charge in [0.25, 0.3) is 0 Å². The van der Waals surface area contributed by atoms with E-state index in [4.69, 9.17) is 0 Å². The molecular formula is C12H23N3O2. The van der Waals surface area contributed by atoms with Crippen molar-refractivity contribution in [3.63, 3.8) is 0 Å². The number of amides is 3. The number of nitrogens with zero attached hydrogens (tertiary/aromatic N) is 1. The molecule has 2 N–H and O–H groups in total. The third-order valence-corrected chi connectivity index (χ3v) is 3.08. The molecule has 0 saturated carbocycles. The maximum Gasteiger partial charge on any atom is 0.321 e. The average Bonchev–Trinajstić information content (AvgIpc) is 2.25. The summed E-state index contributed by atoms with van der Waals surface area (Å²) in [6.07, 6.45) is 1.65. The first-order chi connectivity index (χ1) is 8.01. The summed E-state index contributed by atoms with van der Waals surface area (Å²) < 4.78 is 0. The lowest BCUT2D eigenvalue weighted by Gasteiger charge is -2.34. The molecule has 0 radical (unpaired) electrons. The number of nitrogens with one attached hydrogen (secondary N) is 2. The molecule has 0 bridgehead atoms. The van der Waals surface area contributed by atoms with E-state index in [1.807, 2.05) is 0 Å². The van der Waals surface area contributed by atoms with Crippen molar-refractivity contribution >= 4 is 11.9 Å². The standard InChI is InChI=1S/C12H23N3O2/c1-9-6-10(2)8-15(7-9)5-4-11(16)14-12(17)13-3/h9-10H,4-8H2,1-3H3,(H2,13,14,16,17). The number of rotatable bonds is 3. The molecule has 1 aliphatic rings. The molecule has 1 fully saturated rings. The summed E-state index contributed by atoms with van der Waals surface area (Å²) in [5, 5.41) is 4.64. The zero-order valence-corrected chi connectivity index (χ0v) is 11.0. The van der Waals surface area contributed by atoms with E-state index >= 15 is 0 Å². The van der Waals surface area contributed by atoms with Crippen LogP contribution in [0.2, 0.25) is 0 Å². The second-order valence-corrected chi connectivity index (χ2v) is 5.08. The average molecular weight is 241 g/mol. The Morgan fingerprint density at radius 3 is 2.35 bits per heavy atom. The number of hydrogen-bond acceptors (Lipinski definition) is 3. The Bertz CT molecular complexity index is 271. The molecule has 0 aliphatic carbocycles. The van der Waals surface area contributed by atoms with Crippen LogP contribution >= 0.6 is 0 Å². The molecular weight excluding hydrogens is 218 g/mol.